The Morgan fingerprint density at radius 2 is 1.48 bits per heavy atom. The van der Waals surface area contributed by atoms with Gasteiger partial charge in [-0.05, 0) is 64.8 Å². The fraction of sp³-hybridized carbons (Fsp3) is 0.235. The van der Waals surface area contributed by atoms with E-state index in [1.165, 1.54) is 30.3 Å². The molecule has 0 spiro atoms. The van der Waals surface area contributed by atoms with E-state index in [1.807, 2.05) is 0 Å². The normalized spacial score (nSPS) is 10.4. The zero-order chi connectivity index (χ0) is 22.4. The largest absolute Gasteiger partial charge is 0.444 e. The van der Waals surface area contributed by atoms with Gasteiger partial charge in [-0.15, -0.1) is 0 Å². The Bertz CT molecular complexity index is 931. The minimum atomic E-state index is -0.663. The number of nitrogen functional groups attached to an aromatic ring is 1. The van der Waals surface area contributed by atoms with E-state index < -0.39 is 21.5 Å². The van der Waals surface area contributed by atoms with Crippen LogP contribution in [0, 0.1) is 20.2 Å². The Morgan fingerprint density at radius 1 is 1.00 bits per heavy atom. The summed E-state index contributed by atoms with van der Waals surface area (Å²) in [6, 6.07) is 8.33. The van der Waals surface area contributed by atoms with Gasteiger partial charge in [0.05, 0.1) is 21.2 Å². The molecule has 0 bridgehead atoms. The Balaban J connectivity index is 0.000000326. The van der Waals surface area contributed by atoms with Crippen molar-refractivity contribution in [2.24, 2.45) is 0 Å². The molecule has 2 aromatic carbocycles. The molecule has 2 aromatic rings. The highest BCUT2D eigenvalue weighted by atomic mass is 79.9. The summed E-state index contributed by atoms with van der Waals surface area (Å²) in [6.45, 7) is 5.19. The second-order valence-corrected chi connectivity index (χ2v) is 8.22. The number of benzene rings is 2. The maximum absolute atomic E-state index is 11.5. The fourth-order valence-electron chi connectivity index (χ4n) is 1.78. The van der Waals surface area contributed by atoms with Crippen LogP contribution in [0.25, 0.3) is 0 Å². The second-order valence-electron chi connectivity index (χ2n) is 6.51. The number of carbonyl (C=O) groups excluding carboxylic acids is 1. The van der Waals surface area contributed by atoms with Crippen LogP contribution in [0.15, 0.2) is 45.3 Å². The van der Waals surface area contributed by atoms with Gasteiger partial charge < -0.3 is 10.5 Å². The van der Waals surface area contributed by atoms with Crippen molar-refractivity contribution in [1.29, 1.82) is 0 Å². The third-order valence-electron chi connectivity index (χ3n) is 2.99. The number of anilines is 2. The molecule has 0 atom stereocenters. The van der Waals surface area contributed by atoms with Gasteiger partial charge in [0, 0.05) is 33.2 Å². The number of nitrogens with two attached hydrogens (primary N) is 1. The van der Waals surface area contributed by atoms with Gasteiger partial charge in [-0.3, -0.25) is 25.5 Å². The van der Waals surface area contributed by atoms with Crippen LogP contribution < -0.4 is 11.1 Å². The van der Waals surface area contributed by atoms with Gasteiger partial charge in [0.25, 0.3) is 11.4 Å². The van der Waals surface area contributed by atoms with Gasteiger partial charge in [0.15, 0.2) is 0 Å². The van der Waals surface area contributed by atoms with Crippen LogP contribution in [0.3, 0.4) is 0 Å². The molecule has 0 aromatic heterocycles. The molecule has 3 N–H and O–H groups in total. The number of nitro groups is 2. The van der Waals surface area contributed by atoms with E-state index in [0.717, 1.165) is 0 Å². The number of rotatable bonds is 3. The van der Waals surface area contributed by atoms with Crippen LogP contribution in [-0.2, 0) is 4.74 Å². The Hall–Kier alpha value is -2.73. The minimum Gasteiger partial charge on any atom is -0.444 e. The van der Waals surface area contributed by atoms with Gasteiger partial charge in [-0.2, -0.15) is 0 Å². The first-order chi connectivity index (χ1) is 13.3. The lowest BCUT2D eigenvalue weighted by Gasteiger charge is -2.19. The standard InChI is InChI=1S/C11H13BrN2O4.C6H5BrN2O2/c1-11(2,3)18-10(15)13-9-6-7(14(16)17)4-5-8(9)12;7-5-2-1-4(9(10)11)3-6(5)8/h4-6H,1-3H3,(H,13,15);1-3H,8H2. The molecule has 12 heteroatoms. The smallest absolute Gasteiger partial charge is 0.412 e. The van der Waals surface area contributed by atoms with Crippen molar-refractivity contribution in [3.8, 4) is 0 Å². The maximum atomic E-state index is 11.5. The monoisotopic (exact) mass is 532 g/mol. The number of hydrogen-bond donors (Lipinski definition) is 2. The number of nitrogens with one attached hydrogen (secondary N) is 1. The van der Waals surface area contributed by atoms with Gasteiger partial charge in [0.1, 0.15) is 5.60 Å². The van der Waals surface area contributed by atoms with Crippen molar-refractivity contribution in [2.45, 2.75) is 26.4 Å². The zero-order valence-electron chi connectivity index (χ0n) is 15.6. The molecule has 0 aliphatic carbocycles. The topological polar surface area (TPSA) is 151 Å². The Morgan fingerprint density at radius 3 is 1.93 bits per heavy atom. The van der Waals surface area contributed by atoms with Crippen LogP contribution in [-0.4, -0.2) is 21.5 Å². The van der Waals surface area contributed by atoms with Gasteiger partial charge in [-0.25, -0.2) is 4.79 Å². The lowest BCUT2D eigenvalue weighted by molar-refractivity contribution is -0.385. The summed E-state index contributed by atoms with van der Waals surface area (Å²) in [6.07, 6.45) is -0.663. The van der Waals surface area contributed by atoms with E-state index >= 15 is 0 Å². The number of hydrogen-bond acceptors (Lipinski definition) is 7. The fourth-order valence-corrected chi connectivity index (χ4v) is 2.37. The van der Waals surface area contributed by atoms with Crippen LogP contribution in [0.5, 0.6) is 0 Å². The lowest BCUT2D eigenvalue weighted by Crippen LogP contribution is -2.27. The molecule has 10 nitrogen and oxygen atoms in total. The predicted molar refractivity (Wildman–Crippen MR) is 116 cm³/mol. The summed E-state index contributed by atoms with van der Waals surface area (Å²) in [4.78, 5) is 31.3. The molecule has 0 saturated heterocycles. The van der Waals surface area contributed by atoms with Crippen molar-refractivity contribution in [3.05, 3.63) is 65.6 Å². The zero-order valence-corrected chi connectivity index (χ0v) is 18.8. The molecular formula is C17H18Br2N4O6. The number of carbonyl (C=O) groups is 1. The van der Waals surface area contributed by atoms with Crippen molar-refractivity contribution in [1.82, 2.24) is 0 Å². The number of halogens is 2. The second kappa shape index (κ2) is 10.2. The summed E-state index contributed by atoms with van der Waals surface area (Å²) in [5, 5.41) is 23.3. The number of non-ortho nitro benzene ring substituents is 2. The number of nitrogens with zero attached hydrogens (tertiary/aromatic N) is 2. The van der Waals surface area contributed by atoms with Gasteiger partial charge >= 0.3 is 6.09 Å². The third kappa shape index (κ3) is 8.44. The van der Waals surface area contributed by atoms with Crippen LogP contribution in [0.4, 0.5) is 27.5 Å². The SMILES string of the molecule is CC(C)(C)OC(=O)Nc1cc([N+](=O)[O-])ccc1Br.Nc1cc([N+](=O)[O-])ccc1Br. The summed E-state index contributed by atoms with van der Waals surface area (Å²) in [5.41, 5.74) is 5.34. The molecule has 29 heavy (non-hydrogen) atoms. The average molecular weight is 534 g/mol. The molecule has 2 rings (SSSR count). The Labute approximate surface area is 183 Å². The highest BCUT2D eigenvalue weighted by Crippen LogP contribution is 2.27. The van der Waals surface area contributed by atoms with Crippen molar-refractivity contribution < 1.29 is 19.4 Å². The molecule has 0 aliphatic rings. The first kappa shape index (κ1) is 24.3. The van der Waals surface area contributed by atoms with E-state index in [4.69, 9.17) is 10.5 Å². The highest BCUT2D eigenvalue weighted by Gasteiger charge is 2.18. The molecule has 0 fully saturated rings. The third-order valence-corrected chi connectivity index (χ3v) is 4.40. The number of nitro benzene ring substituents is 2. The molecule has 156 valence electrons. The van der Waals surface area contributed by atoms with Crippen LogP contribution in [0.1, 0.15) is 20.8 Å². The number of ether oxygens (including phenoxy) is 1. The minimum absolute atomic E-state index is 0.00528. The average Bonchev–Trinajstić information content (AvgIpc) is 2.57. The molecule has 0 aliphatic heterocycles. The molecule has 0 heterocycles. The van der Waals surface area contributed by atoms with Gasteiger partial charge in [0.2, 0.25) is 0 Å². The first-order valence-electron chi connectivity index (χ1n) is 7.93. The number of amides is 1. The van der Waals surface area contributed by atoms with Crippen LogP contribution in [0.2, 0.25) is 0 Å². The van der Waals surface area contributed by atoms with Crippen LogP contribution >= 0.6 is 31.9 Å². The van der Waals surface area contributed by atoms with E-state index in [1.54, 1.807) is 26.8 Å². The first-order valence-corrected chi connectivity index (χ1v) is 9.52. The summed E-state index contributed by atoms with van der Waals surface area (Å²) in [5.74, 6) is 0. The molecule has 1 amide bonds. The summed E-state index contributed by atoms with van der Waals surface area (Å²) < 4.78 is 6.27. The van der Waals surface area contributed by atoms with E-state index in [2.05, 4.69) is 37.2 Å². The van der Waals surface area contributed by atoms with E-state index in [0.29, 0.717) is 20.3 Å². The lowest BCUT2D eigenvalue weighted by atomic mass is 10.2. The molecule has 0 unspecified atom stereocenters. The molecular weight excluding hydrogens is 516 g/mol. The van der Waals surface area contributed by atoms with E-state index in [9.17, 15) is 25.0 Å². The molecule has 0 saturated carbocycles. The maximum Gasteiger partial charge on any atom is 0.412 e. The van der Waals surface area contributed by atoms with Crippen molar-refractivity contribution in [3.63, 3.8) is 0 Å². The Kier molecular flexibility index (Phi) is 8.52. The van der Waals surface area contributed by atoms with Crippen molar-refractivity contribution >= 4 is 60.7 Å². The highest BCUT2D eigenvalue weighted by molar-refractivity contribution is 9.11. The van der Waals surface area contributed by atoms with Crippen molar-refractivity contribution in [2.75, 3.05) is 11.1 Å². The predicted octanol–water partition coefficient (Wildman–Crippen LogP) is 5.64. The quantitative estimate of drug-likeness (QED) is 0.294. The molecule has 0 radical (unpaired) electrons. The summed E-state index contributed by atoms with van der Waals surface area (Å²) in [7, 11) is 0. The van der Waals surface area contributed by atoms with Gasteiger partial charge in [-0.1, -0.05) is 0 Å². The summed E-state index contributed by atoms with van der Waals surface area (Å²) >= 11 is 6.33. The van der Waals surface area contributed by atoms with E-state index in [-0.39, 0.29) is 11.4 Å².